The number of hydrogen-bond acceptors (Lipinski definition) is 4. The zero-order chi connectivity index (χ0) is 19.9. The summed E-state index contributed by atoms with van der Waals surface area (Å²) in [5.41, 5.74) is 0.115. The number of rotatable bonds is 8. The van der Waals surface area contributed by atoms with Crippen LogP contribution in [0.15, 0.2) is 4.99 Å². The Morgan fingerprint density at radius 3 is 2.54 bits per heavy atom. The van der Waals surface area contributed by atoms with Gasteiger partial charge in [-0.05, 0) is 38.5 Å². The second-order valence-electron chi connectivity index (χ2n) is 7.92. The highest BCUT2D eigenvalue weighted by molar-refractivity contribution is 14.0. The number of nitrogens with one attached hydrogen (secondary N) is 2. The van der Waals surface area contributed by atoms with Crippen LogP contribution in [-0.4, -0.2) is 75.9 Å². The summed E-state index contributed by atoms with van der Waals surface area (Å²) < 4.78 is 11.5. The summed E-state index contributed by atoms with van der Waals surface area (Å²) in [6.07, 6.45) is 6.97. The molecule has 0 aromatic heterocycles. The molecule has 2 fully saturated rings. The molecule has 8 heteroatoms. The third-order valence-corrected chi connectivity index (χ3v) is 6.34. The van der Waals surface area contributed by atoms with Crippen LogP contribution in [0.5, 0.6) is 0 Å². The number of ether oxygens (including phenoxy) is 2. The largest absolute Gasteiger partial charge is 0.381 e. The first-order valence-corrected chi connectivity index (χ1v) is 10.4. The van der Waals surface area contributed by atoms with Gasteiger partial charge in [-0.1, -0.05) is 13.8 Å². The molecule has 28 heavy (non-hydrogen) atoms. The molecule has 0 bridgehead atoms. The molecule has 1 saturated heterocycles. The average Bonchev–Trinajstić information content (AvgIpc) is 2.67. The summed E-state index contributed by atoms with van der Waals surface area (Å²) in [5, 5.41) is 6.98. The van der Waals surface area contributed by atoms with Crippen molar-refractivity contribution in [1.82, 2.24) is 15.5 Å². The molecule has 164 valence electrons. The molecule has 0 radical (unpaired) electrons. The molecule has 3 atom stereocenters. The number of nitrogens with zero attached hydrogens (tertiary/aromatic N) is 2. The summed E-state index contributed by atoms with van der Waals surface area (Å²) in [5.74, 6) is 0.691. The van der Waals surface area contributed by atoms with Crippen LogP contribution in [0.3, 0.4) is 0 Å². The zero-order valence-corrected chi connectivity index (χ0v) is 20.5. The van der Waals surface area contributed by atoms with Crippen LogP contribution < -0.4 is 10.6 Å². The lowest BCUT2D eigenvalue weighted by Crippen LogP contribution is -2.65. The number of aliphatic imine (C=N–C) groups is 1. The summed E-state index contributed by atoms with van der Waals surface area (Å²) in [6, 6.07) is 0.297. The Kier molecular flexibility index (Phi) is 11.1. The Hall–Kier alpha value is -0.610. The molecule has 1 aliphatic heterocycles. The molecule has 1 saturated carbocycles. The Bertz CT molecular complexity index is 506. The molecular weight excluding hydrogens is 471 g/mol. The van der Waals surface area contributed by atoms with Crippen LogP contribution >= 0.6 is 24.0 Å². The van der Waals surface area contributed by atoms with E-state index in [1.807, 2.05) is 0 Å². The first-order chi connectivity index (χ1) is 13.0. The van der Waals surface area contributed by atoms with Crippen molar-refractivity contribution in [3.63, 3.8) is 0 Å². The van der Waals surface area contributed by atoms with Gasteiger partial charge in [0.05, 0.1) is 12.2 Å². The van der Waals surface area contributed by atoms with E-state index < -0.39 is 0 Å². The second kappa shape index (κ2) is 12.2. The maximum Gasteiger partial charge on any atom is 0.243 e. The highest BCUT2D eigenvalue weighted by Crippen LogP contribution is 2.48. The lowest BCUT2D eigenvalue weighted by molar-refractivity contribution is -0.127. The van der Waals surface area contributed by atoms with Gasteiger partial charge in [-0.2, -0.15) is 0 Å². The van der Waals surface area contributed by atoms with Crippen molar-refractivity contribution in [3.05, 3.63) is 0 Å². The van der Waals surface area contributed by atoms with Crippen molar-refractivity contribution >= 4 is 35.8 Å². The Balaban J connectivity index is 0.00000392. The number of carbonyl (C=O) groups is 1. The first kappa shape index (κ1) is 25.4. The average molecular weight is 510 g/mol. The van der Waals surface area contributed by atoms with Gasteiger partial charge in [0, 0.05) is 45.8 Å². The SMILES string of the molecule is CCC1(CC)C(NC(=NCC(=O)N(C)C)NCC2CCCCO2)CC1OC.I. The second-order valence-corrected chi connectivity index (χ2v) is 7.92. The molecule has 0 aromatic rings. The van der Waals surface area contributed by atoms with E-state index in [-0.39, 0.29) is 54.1 Å². The van der Waals surface area contributed by atoms with E-state index in [0.29, 0.717) is 18.5 Å². The minimum atomic E-state index is -0.00867. The quantitative estimate of drug-likeness (QED) is 0.298. The van der Waals surface area contributed by atoms with Crippen LogP contribution in [-0.2, 0) is 14.3 Å². The van der Waals surface area contributed by atoms with Gasteiger partial charge in [0.1, 0.15) is 6.54 Å². The molecule has 2 N–H and O–H groups in total. The van der Waals surface area contributed by atoms with Crippen LogP contribution in [0, 0.1) is 5.41 Å². The van der Waals surface area contributed by atoms with E-state index in [0.717, 1.165) is 38.7 Å². The molecule has 2 aliphatic rings. The van der Waals surface area contributed by atoms with Gasteiger partial charge in [-0.15, -0.1) is 24.0 Å². The highest BCUT2D eigenvalue weighted by atomic mass is 127. The Labute approximate surface area is 187 Å². The molecular formula is C20H39IN4O3. The van der Waals surface area contributed by atoms with E-state index in [9.17, 15) is 4.79 Å². The number of guanidine groups is 1. The number of methoxy groups -OCH3 is 1. The minimum absolute atomic E-state index is 0. The maximum absolute atomic E-state index is 12.0. The van der Waals surface area contributed by atoms with Crippen LogP contribution in [0.4, 0.5) is 0 Å². The van der Waals surface area contributed by atoms with Crippen LogP contribution in [0.2, 0.25) is 0 Å². The third kappa shape index (κ3) is 6.19. The van der Waals surface area contributed by atoms with Crippen molar-refractivity contribution in [1.29, 1.82) is 0 Å². The standard InChI is InChI=1S/C20H38N4O3.HI/c1-6-20(7-2)16(12-17(20)26-5)23-19(22-14-18(25)24(3)4)21-13-15-10-8-9-11-27-15;/h15-17H,6-14H2,1-5H3,(H2,21,22,23);1H. The summed E-state index contributed by atoms with van der Waals surface area (Å²) >= 11 is 0. The van der Waals surface area contributed by atoms with Gasteiger partial charge in [0.2, 0.25) is 5.91 Å². The lowest BCUT2D eigenvalue weighted by Gasteiger charge is -2.55. The first-order valence-electron chi connectivity index (χ1n) is 10.4. The van der Waals surface area contributed by atoms with Gasteiger partial charge in [0.15, 0.2) is 5.96 Å². The van der Waals surface area contributed by atoms with Gasteiger partial charge in [-0.25, -0.2) is 4.99 Å². The normalized spacial score (nSPS) is 26.6. The van der Waals surface area contributed by atoms with Crippen LogP contribution in [0.25, 0.3) is 0 Å². The smallest absolute Gasteiger partial charge is 0.243 e. The molecule has 1 aliphatic carbocycles. The molecule has 0 spiro atoms. The topological polar surface area (TPSA) is 75.2 Å². The summed E-state index contributed by atoms with van der Waals surface area (Å²) in [4.78, 5) is 18.1. The highest BCUT2D eigenvalue weighted by Gasteiger charge is 2.53. The fourth-order valence-electron chi connectivity index (χ4n) is 4.26. The third-order valence-electron chi connectivity index (χ3n) is 6.34. The number of halogens is 1. The van der Waals surface area contributed by atoms with Gasteiger partial charge >= 0.3 is 0 Å². The van der Waals surface area contributed by atoms with E-state index >= 15 is 0 Å². The Morgan fingerprint density at radius 1 is 1.29 bits per heavy atom. The monoisotopic (exact) mass is 510 g/mol. The number of hydrogen-bond donors (Lipinski definition) is 2. The molecule has 3 unspecified atom stereocenters. The summed E-state index contributed by atoms with van der Waals surface area (Å²) in [6.45, 7) is 6.13. The number of amides is 1. The molecule has 0 aromatic carbocycles. The minimum Gasteiger partial charge on any atom is -0.381 e. The number of likely N-dealkylation sites (N-methyl/N-ethyl adjacent to an activating group) is 1. The van der Waals surface area contributed by atoms with Crippen molar-refractivity contribution in [2.24, 2.45) is 10.4 Å². The fraction of sp³-hybridized carbons (Fsp3) is 0.900. The van der Waals surface area contributed by atoms with E-state index in [4.69, 9.17) is 9.47 Å². The van der Waals surface area contributed by atoms with Crippen LogP contribution in [0.1, 0.15) is 52.4 Å². The van der Waals surface area contributed by atoms with Crippen molar-refractivity contribution in [2.45, 2.75) is 70.6 Å². The van der Waals surface area contributed by atoms with E-state index in [1.165, 1.54) is 6.42 Å². The maximum atomic E-state index is 12.0. The van der Waals surface area contributed by atoms with Gasteiger partial charge in [0.25, 0.3) is 0 Å². The predicted molar refractivity (Wildman–Crippen MR) is 123 cm³/mol. The van der Waals surface area contributed by atoms with Crippen molar-refractivity contribution in [3.8, 4) is 0 Å². The summed E-state index contributed by atoms with van der Waals surface area (Å²) in [7, 11) is 5.30. The van der Waals surface area contributed by atoms with Crippen molar-refractivity contribution < 1.29 is 14.3 Å². The Morgan fingerprint density at radius 2 is 2.00 bits per heavy atom. The van der Waals surface area contributed by atoms with E-state index in [1.54, 1.807) is 26.1 Å². The fourth-order valence-corrected chi connectivity index (χ4v) is 4.26. The number of carbonyl (C=O) groups excluding carboxylic acids is 1. The predicted octanol–water partition coefficient (Wildman–Crippen LogP) is 2.39. The van der Waals surface area contributed by atoms with Gasteiger partial charge in [-0.3, -0.25) is 4.79 Å². The molecule has 1 amide bonds. The van der Waals surface area contributed by atoms with Crippen molar-refractivity contribution in [2.75, 3.05) is 40.9 Å². The molecule has 1 heterocycles. The lowest BCUT2D eigenvalue weighted by atomic mass is 9.58. The molecule has 7 nitrogen and oxygen atoms in total. The van der Waals surface area contributed by atoms with Gasteiger partial charge < -0.3 is 25.0 Å². The van der Waals surface area contributed by atoms with E-state index in [2.05, 4.69) is 29.5 Å². The zero-order valence-electron chi connectivity index (χ0n) is 18.1. The molecule has 2 rings (SSSR count).